The molecule has 0 fully saturated rings. The highest BCUT2D eigenvalue weighted by Crippen LogP contribution is 2.12. The average Bonchev–Trinajstić information content (AvgIpc) is 2.23. The van der Waals surface area contributed by atoms with Crippen LogP contribution < -0.4 is 10.1 Å². The third-order valence-corrected chi connectivity index (χ3v) is 1.70. The summed E-state index contributed by atoms with van der Waals surface area (Å²) in [7, 11) is 0. The molecule has 0 aromatic carbocycles. The summed E-state index contributed by atoms with van der Waals surface area (Å²) < 4.78 is 29.3. The molecule has 90 valence electrons. The molecule has 16 heavy (non-hydrogen) atoms. The van der Waals surface area contributed by atoms with Crippen LogP contribution in [0.25, 0.3) is 0 Å². The van der Waals surface area contributed by atoms with Crippen molar-refractivity contribution < 1.29 is 13.5 Å². The summed E-state index contributed by atoms with van der Waals surface area (Å²) in [6, 6.07) is 1.67. The molecule has 0 aliphatic heterocycles. The Morgan fingerprint density at radius 2 is 2.19 bits per heavy atom. The van der Waals surface area contributed by atoms with Gasteiger partial charge in [-0.15, -0.1) is 0 Å². The zero-order valence-electron chi connectivity index (χ0n) is 9.33. The van der Waals surface area contributed by atoms with Crippen molar-refractivity contribution in [3.8, 4) is 5.88 Å². The van der Waals surface area contributed by atoms with Gasteiger partial charge in [-0.2, -0.15) is 4.98 Å². The second-order valence-corrected chi connectivity index (χ2v) is 3.29. The van der Waals surface area contributed by atoms with Crippen molar-refractivity contribution in [3.05, 3.63) is 11.8 Å². The van der Waals surface area contributed by atoms with E-state index >= 15 is 0 Å². The second-order valence-electron chi connectivity index (χ2n) is 3.29. The Labute approximate surface area is 93.1 Å². The molecule has 4 nitrogen and oxygen atoms in total. The first-order valence-corrected chi connectivity index (χ1v) is 5.12. The van der Waals surface area contributed by atoms with Gasteiger partial charge in [0.25, 0.3) is 6.43 Å². The van der Waals surface area contributed by atoms with Crippen LogP contribution in [-0.4, -0.2) is 29.5 Å². The molecule has 1 aromatic heterocycles. The third-order valence-electron chi connectivity index (χ3n) is 1.70. The number of aryl methyl sites for hydroxylation is 1. The van der Waals surface area contributed by atoms with E-state index < -0.39 is 13.0 Å². The van der Waals surface area contributed by atoms with Crippen molar-refractivity contribution in [3.63, 3.8) is 0 Å². The number of ether oxygens (including phenoxy) is 1. The lowest BCUT2D eigenvalue weighted by atomic mass is 10.4. The molecule has 0 amide bonds. The van der Waals surface area contributed by atoms with Crippen LogP contribution in [-0.2, 0) is 0 Å². The molecule has 1 aromatic rings. The van der Waals surface area contributed by atoms with Gasteiger partial charge in [-0.25, -0.2) is 13.8 Å². The molecule has 1 rings (SSSR count). The average molecular weight is 231 g/mol. The normalized spacial score (nSPS) is 10.6. The lowest BCUT2D eigenvalue weighted by Gasteiger charge is -2.08. The molecule has 0 aliphatic rings. The standard InChI is InChI=1S/C10H15F2N3O/c1-3-4-16-9-5-7(2)14-10(15-9)13-6-8(11)12/h5,8H,3-4,6H2,1-2H3,(H,13,14,15). The number of alkyl halides is 2. The van der Waals surface area contributed by atoms with Crippen molar-refractivity contribution in [2.45, 2.75) is 26.7 Å². The van der Waals surface area contributed by atoms with Gasteiger partial charge in [0.05, 0.1) is 13.2 Å². The van der Waals surface area contributed by atoms with E-state index in [9.17, 15) is 8.78 Å². The summed E-state index contributed by atoms with van der Waals surface area (Å²) >= 11 is 0. The van der Waals surface area contributed by atoms with Gasteiger partial charge in [0, 0.05) is 11.8 Å². The zero-order valence-corrected chi connectivity index (χ0v) is 9.33. The minimum Gasteiger partial charge on any atom is -0.478 e. The van der Waals surface area contributed by atoms with E-state index in [0.717, 1.165) is 6.42 Å². The number of rotatable bonds is 6. The summed E-state index contributed by atoms with van der Waals surface area (Å²) in [5.74, 6) is 0.581. The van der Waals surface area contributed by atoms with E-state index in [-0.39, 0.29) is 5.95 Å². The molecular formula is C10H15F2N3O. The number of hydrogen-bond donors (Lipinski definition) is 1. The van der Waals surface area contributed by atoms with Crippen LogP contribution in [0.1, 0.15) is 19.0 Å². The molecule has 0 radical (unpaired) electrons. The van der Waals surface area contributed by atoms with Crippen LogP contribution in [0, 0.1) is 6.92 Å². The van der Waals surface area contributed by atoms with Gasteiger partial charge in [-0.05, 0) is 13.3 Å². The Balaban J connectivity index is 2.65. The SMILES string of the molecule is CCCOc1cc(C)nc(NCC(F)F)n1. The smallest absolute Gasteiger partial charge is 0.255 e. The van der Waals surface area contributed by atoms with Crippen molar-refractivity contribution in [1.29, 1.82) is 0 Å². The molecule has 6 heteroatoms. The summed E-state index contributed by atoms with van der Waals surface area (Å²) in [5.41, 5.74) is 0.679. The number of halogens is 2. The summed E-state index contributed by atoms with van der Waals surface area (Å²) in [6.07, 6.45) is -1.56. The Morgan fingerprint density at radius 1 is 1.44 bits per heavy atom. The van der Waals surface area contributed by atoms with E-state index in [1.807, 2.05) is 6.92 Å². The molecule has 0 saturated heterocycles. The topological polar surface area (TPSA) is 47.0 Å². The number of nitrogens with zero attached hydrogens (tertiary/aromatic N) is 2. The quantitative estimate of drug-likeness (QED) is 0.815. The van der Waals surface area contributed by atoms with Gasteiger partial charge in [0.1, 0.15) is 0 Å². The Kier molecular flexibility index (Phi) is 4.88. The van der Waals surface area contributed by atoms with E-state index in [0.29, 0.717) is 18.2 Å². The first kappa shape index (κ1) is 12.6. The summed E-state index contributed by atoms with van der Waals surface area (Å²) in [6.45, 7) is 3.82. The van der Waals surface area contributed by atoms with Crippen molar-refractivity contribution >= 4 is 5.95 Å². The predicted molar refractivity (Wildman–Crippen MR) is 57.0 cm³/mol. The molecule has 0 bridgehead atoms. The maximum Gasteiger partial charge on any atom is 0.255 e. The van der Waals surface area contributed by atoms with Crippen molar-refractivity contribution in [2.75, 3.05) is 18.5 Å². The minimum atomic E-state index is -2.43. The van der Waals surface area contributed by atoms with E-state index in [1.165, 1.54) is 0 Å². The van der Waals surface area contributed by atoms with Gasteiger partial charge >= 0.3 is 0 Å². The second kappa shape index (κ2) is 6.19. The molecule has 1 heterocycles. The minimum absolute atomic E-state index is 0.173. The number of nitrogens with one attached hydrogen (secondary N) is 1. The first-order chi connectivity index (χ1) is 7.61. The molecule has 1 N–H and O–H groups in total. The molecule has 0 atom stereocenters. The van der Waals surface area contributed by atoms with Gasteiger partial charge in [-0.3, -0.25) is 0 Å². The highest BCUT2D eigenvalue weighted by atomic mass is 19.3. The Hall–Kier alpha value is -1.46. The molecule has 0 aliphatic carbocycles. The summed E-state index contributed by atoms with van der Waals surface area (Å²) in [4.78, 5) is 7.94. The van der Waals surface area contributed by atoms with Gasteiger partial charge in [0.2, 0.25) is 11.8 Å². The highest BCUT2D eigenvalue weighted by Gasteiger charge is 2.06. The van der Waals surface area contributed by atoms with Crippen LogP contribution in [0.3, 0.4) is 0 Å². The lowest BCUT2D eigenvalue weighted by Crippen LogP contribution is -2.13. The van der Waals surface area contributed by atoms with Crippen LogP contribution in [0.5, 0.6) is 5.88 Å². The van der Waals surface area contributed by atoms with Gasteiger partial charge in [0.15, 0.2) is 0 Å². The van der Waals surface area contributed by atoms with Crippen LogP contribution in [0.2, 0.25) is 0 Å². The van der Waals surface area contributed by atoms with Crippen LogP contribution in [0.15, 0.2) is 6.07 Å². The fourth-order valence-electron chi connectivity index (χ4n) is 1.07. The fraction of sp³-hybridized carbons (Fsp3) is 0.600. The zero-order chi connectivity index (χ0) is 12.0. The maximum atomic E-state index is 12.0. The number of hydrogen-bond acceptors (Lipinski definition) is 4. The third kappa shape index (κ3) is 4.37. The summed E-state index contributed by atoms with van der Waals surface area (Å²) in [5, 5.41) is 2.45. The predicted octanol–water partition coefficient (Wildman–Crippen LogP) is 2.25. The van der Waals surface area contributed by atoms with E-state index in [2.05, 4.69) is 15.3 Å². The number of aromatic nitrogens is 2. The molecule has 0 saturated carbocycles. The monoisotopic (exact) mass is 231 g/mol. The highest BCUT2D eigenvalue weighted by molar-refractivity contribution is 5.30. The fourth-order valence-corrected chi connectivity index (χ4v) is 1.07. The van der Waals surface area contributed by atoms with Crippen molar-refractivity contribution in [1.82, 2.24) is 9.97 Å². The Morgan fingerprint density at radius 3 is 2.81 bits per heavy atom. The van der Waals surface area contributed by atoms with Gasteiger partial charge in [-0.1, -0.05) is 6.92 Å². The largest absolute Gasteiger partial charge is 0.478 e. The van der Waals surface area contributed by atoms with Crippen molar-refractivity contribution in [2.24, 2.45) is 0 Å². The first-order valence-electron chi connectivity index (χ1n) is 5.12. The van der Waals surface area contributed by atoms with E-state index in [4.69, 9.17) is 4.74 Å². The van der Waals surface area contributed by atoms with Crippen LogP contribution >= 0.6 is 0 Å². The Bertz CT molecular complexity index is 334. The lowest BCUT2D eigenvalue weighted by molar-refractivity contribution is 0.163. The van der Waals surface area contributed by atoms with Crippen LogP contribution in [0.4, 0.5) is 14.7 Å². The maximum absolute atomic E-state index is 12.0. The molecular weight excluding hydrogens is 216 g/mol. The molecule has 0 spiro atoms. The molecule has 0 unspecified atom stereocenters. The van der Waals surface area contributed by atoms with Gasteiger partial charge < -0.3 is 10.1 Å². The van der Waals surface area contributed by atoms with E-state index in [1.54, 1.807) is 13.0 Å². The number of anilines is 1.